The number of anilines is 1. The summed E-state index contributed by atoms with van der Waals surface area (Å²) >= 11 is 10.9. The largest absolute Gasteiger partial charge is 0.319 e. The van der Waals surface area contributed by atoms with E-state index in [0.29, 0.717) is 11.1 Å². The molecular weight excluding hydrogens is 466 g/mol. The third kappa shape index (κ3) is 3.48. The number of nitrogens with one attached hydrogen (secondary N) is 1. The Labute approximate surface area is 140 Å². The molecule has 1 amide bonds. The van der Waals surface area contributed by atoms with Gasteiger partial charge in [0.05, 0.1) is 15.2 Å². The molecule has 0 fully saturated rings. The Balaban J connectivity index is 2.27. The summed E-state index contributed by atoms with van der Waals surface area (Å²) in [7, 11) is 0. The lowest BCUT2D eigenvalue weighted by molar-refractivity contribution is 0.102. The van der Waals surface area contributed by atoms with Crippen LogP contribution in [-0.2, 0) is 0 Å². The van der Waals surface area contributed by atoms with Gasteiger partial charge < -0.3 is 5.32 Å². The van der Waals surface area contributed by atoms with Gasteiger partial charge in [-0.1, -0.05) is 11.6 Å². The fraction of sp³-hybridized carbons (Fsp3) is 0. The quantitative estimate of drug-likeness (QED) is 0.470. The van der Waals surface area contributed by atoms with Crippen LogP contribution < -0.4 is 5.32 Å². The summed E-state index contributed by atoms with van der Waals surface area (Å²) in [5, 5.41) is 2.80. The SMILES string of the molecule is O=C(Nc1cc(Br)c(F)cc1F)c1ccc(I)c(Cl)c1. The highest BCUT2D eigenvalue weighted by atomic mass is 127. The minimum absolute atomic E-state index is 0.0647. The summed E-state index contributed by atoms with van der Waals surface area (Å²) in [5.41, 5.74) is 0.174. The Morgan fingerprint density at radius 1 is 1.20 bits per heavy atom. The summed E-state index contributed by atoms with van der Waals surface area (Å²) in [6, 6.07) is 6.58. The maximum atomic E-state index is 13.5. The van der Waals surface area contributed by atoms with E-state index in [4.69, 9.17) is 11.6 Å². The van der Waals surface area contributed by atoms with E-state index in [-0.39, 0.29) is 15.7 Å². The molecule has 0 aromatic heterocycles. The molecule has 0 spiro atoms. The molecule has 7 heteroatoms. The average Bonchev–Trinajstić information content (AvgIpc) is 2.39. The van der Waals surface area contributed by atoms with Gasteiger partial charge in [0.1, 0.15) is 11.6 Å². The highest BCUT2D eigenvalue weighted by Gasteiger charge is 2.13. The third-order valence-corrected chi connectivity index (χ3v) is 4.62. The maximum Gasteiger partial charge on any atom is 0.255 e. The Kier molecular flexibility index (Phi) is 4.98. The second-order valence-corrected chi connectivity index (χ2v) is 6.25. The summed E-state index contributed by atoms with van der Waals surface area (Å²) < 4.78 is 27.5. The Morgan fingerprint density at radius 3 is 2.55 bits per heavy atom. The first kappa shape index (κ1) is 15.7. The zero-order chi connectivity index (χ0) is 14.9. The van der Waals surface area contributed by atoms with Crippen LogP contribution in [0.1, 0.15) is 10.4 Å². The van der Waals surface area contributed by atoms with Crippen molar-refractivity contribution < 1.29 is 13.6 Å². The van der Waals surface area contributed by atoms with Crippen LogP contribution in [0.25, 0.3) is 0 Å². The standard InChI is InChI=1S/C13H6BrClF2INO/c14-7-4-12(10(17)5-9(7)16)19-13(20)6-1-2-11(18)8(15)3-6/h1-5H,(H,19,20). The predicted octanol–water partition coefficient (Wildman–Crippen LogP) is 5.24. The van der Waals surface area contributed by atoms with Crippen molar-refractivity contribution in [2.45, 2.75) is 0 Å². The number of amides is 1. The van der Waals surface area contributed by atoms with Gasteiger partial charge in [0.15, 0.2) is 0 Å². The highest BCUT2D eigenvalue weighted by molar-refractivity contribution is 14.1. The van der Waals surface area contributed by atoms with E-state index in [1.165, 1.54) is 6.07 Å². The van der Waals surface area contributed by atoms with Gasteiger partial charge in [-0.15, -0.1) is 0 Å². The van der Waals surface area contributed by atoms with Crippen molar-refractivity contribution in [2.75, 3.05) is 5.32 Å². The number of carbonyl (C=O) groups is 1. The molecule has 0 aliphatic carbocycles. The predicted molar refractivity (Wildman–Crippen MR) is 86.2 cm³/mol. The van der Waals surface area contributed by atoms with E-state index in [2.05, 4.69) is 21.2 Å². The summed E-state index contributed by atoms with van der Waals surface area (Å²) in [5.74, 6) is -2.12. The van der Waals surface area contributed by atoms with Crippen molar-refractivity contribution >= 4 is 61.7 Å². The van der Waals surface area contributed by atoms with Crippen molar-refractivity contribution in [2.24, 2.45) is 0 Å². The number of hydrogen-bond donors (Lipinski definition) is 1. The molecule has 2 aromatic carbocycles. The Bertz CT molecular complexity index is 696. The first-order chi connectivity index (χ1) is 9.38. The third-order valence-electron chi connectivity index (χ3n) is 2.44. The molecule has 0 heterocycles. The molecule has 0 saturated heterocycles. The highest BCUT2D eigenvalue weighted by Crippen LogP contribution is 2.25. The molecule has 0 radical (unpaired) electrons. The molecule has 0 bridgehead atoms. The van der Waals surface area contributed by atoms with Crippen LogP contribution in [-0.4, -0.2) is 5.91 Å². The molecule has 104 valence electrons. The smallest absolute Gasteiger partial charge is 0.255 e. The van der Waals surface area contributed by atoms with Crippen LogP contribution in [0.15, 0.2) is 34.8 Å². The zero-order valence-electron chi connectivity index (χ0n) is 9.68. The monoisotopic (exact) mass is 471 g/mol. The second kappa shape index (κ2) is 6.36. The lowest BCUT2D eigenvalue weighted by Gasteiger charge is -2.08. The molecule has 0 unspecified atom stereocenters. The molecule has 2 aromatic rings. The number of halogens is 5. The summed E-state index contributed by atoms with van der Waals surface area (Å²) in [4.78, 5) is 12.0. The normalized spacial score (nSPS) is 10.4. The Morgan fingerprint density at radius 2 is 1.90 bits per heavy atom. The zero-order valence-corrected chi connectivity index (χ0v) is 14.2. The lowest BCUT2D eigenvalue weighted by atomic mass is 10.2. The van der Waals surface area contributed by atoms with E-state index in [1.807, 2.05) is 22.6 Å². The average molecular weight is 472 g/mol. The van der Waals surface area contributed by atoms with Gasteiger partial charge in [0.25, 0.3) is 5.91 Å². The molecule has 0 aliphatic rings. The van der Waals surface area contributed by atoms with Gasteiger partial charge in [-0.25, -0.2) is 8.78 Å². The van der Waals surface area contributed by atoms with E-state index < -0.39 is 17.5 Å². The lowest BCUT2D eigenvalue weighted by Crippen LogP contribution is -2.13. The first-order valence-electron chi connectivity index (χ1n) is 5.29. The second-order valence-electron chi connectivity index (χ2n) is 3.83. The fourth-order valence-electron chi connectivity index (χ4n) is 1.45. The minimum Gasteiger partial charge on any atom is -0.319 e. The number of carbonyl (C=O) groups excluding carboxylic acids is 1. The molecule has 0 aliphatic heterocycles. The van der Waals surface area contributed by atoms with Crippen LogP contribution in [0.5, 0.6) is 0 Å². The first-order valence-corrected chi connectivity index (χ1v) is 7.54. The van der Waals surface area contributed by atoms with E-state index in [0.717, 1.165) is 9.64 Å². The van der Waals surface area contributed by atoms with Crippen LogP contribution in [0, 0.1) is 15.2 Å². The maximum absolute atomic E-state index is 13.5. The van der Waals surface area contributed by atoms with Crippen LogP contribution in [0.3, 0.4) is 0 Å². The van der Waals surface area contributed by atoms with Crippen LogP contribution in [0.4, 0.5) is 14.5 Å². The van der Waals surface area contributed by atoms with Crippen LogP contribution >= 0.6 is 50.1 Å². The van der Waals surface area contributed by atoms with Crippen molar-refractivity contribution in [3.63, 3.8) is 0 Å². The van der Waals surface area contributed by atoms with E-state index in [1.54, 1.807) is 12.1 Å². The Hall–Kier alpha value is -0.730. The minimum atomic E-state index is -0.851. The van der Waals surface area contributed by atoms with Crippen molar-refractivity contribution in [3.05, 3.63) is 60.6 Å². The number of benzene rings is 2. The topological polar surface area (TPSA) is 29.1 Å². The van der Waals surface area contributed by atoms with Crippen LogP contribution in [0.2, 0.25) is 5.02 Å². The van der Waals surface area contributed by atoms with Crippen molar-refractivity contribution in [3.8, 4) is 0 Å². The van der Waals surface area contributed by atoms with E-state index >= 15 is 0 Å². The molecule has 2 rings (SSSR count). The van der Waals surface area contributed by atoms with Crippen molar-refractivity contribution in [1.29, 1.82) is 0 Å². The molecule has 1 N–H and O–H groups in total. The molecule has 0 atom stereocenters. The molecular formula is C13H6BrClF2INO. The number of hydrogen-bond acceptors (Lipinski definition) is 1. The van der Waals surface area contributed by atoms with Gasteiger partial charge in [-0.2, -0.15) is 0 Å². The molecule has 2 nitrogen and oxygen atoms in total. The van der Waals surface area contributed by atoms with Crippen molar-refractivity contribution in [1.82, 2.24) is 0 Å². The number of rotatable bonds is 2. The summed E-state index contributed by atoms with van der Waals surface area (Å²) in [6.07, 6.45) is 0. The molecule has 0 saturated carbocycles. The fourth-order valence-corrected chi connectivity index (χ4v) is 2.31. The van der Waals surface area contributed by atoms with Gasteiger partial charge in [-0.05, 0) is 62.8 Å². The van der Waals surface area contributed by atoms with Gasteiger partial charge >= 0.3 is 0 Å². The van der Waals surface area contributed by atoms with Gasteiger partial charge in [0, 0.05) is 15.2 Å². The molecule has 20 heavy (non-hydrogen) atoms. The van der Waals surface area contributed by atoms with Gasteiger partial charge in [0.2, 0.25) is 0 Å². The summed E-state index contributed by atoms with van der Waals surface area (Å²) in [6.45, 7) is 0. The van der Waals surface area contributed by atoms with E-state index in [9.17, 15) is 13.6 Å². The van der Waals surface area contributed by atoms with Gasteiger partial charge in [-0.3, -0.25) is 4.79 Å².